The van der Waals surface area contributed by atoms with E-state index in [1.807, 2.05) is 12.1 Å². The van der Waals surface area contributed by atoms with Crippen molar-refractivity contribution in [3.05, 3.63) is 35.4 Å². The first-order valence-electron chi connectivity index (χ1n) is 9.10. The largest absolute Gasteiger partial charge is 0.481 e. The number of carboxylic acid groups (broad SMARTS) is 1. The number of benzene rings is 1. The smallest absolute Gasteiger partial charge is 0.308 e. The maximum Gasteiger partial charge on any atom is 0.308 e. The molecule has 1 aromatic carbocycles. The third-order valence-corrected chi connectivity index (χ3v) is 4.70. The lowest BCUT2D eigenvalue weighted by Gasteiger charge is -2.27. The minimum absolute atomic E-state index is 0.0712. The monoisotopic (exact) mass is 347 g/mol. The zero-order valence-electron chi connectivity index (χ0n) is 15.2. The molecule has 0 saturated carbocycles. The van der Waals surface area contributed by atoms with Crippen molar-refractivity contribution >= 4 is 11.9 Å². The Kier molecular flexibility index (Phi) is 7.44. The third kappa shape index (κ3) is 6.50. The molecule has 5 nitrogen and oxygen atoms in total. The van der Waals surface area contributed by atoms with Crippen LogP contribution in [0.3, 0.4) is 0 Å². The first-order chi connectivity index (χ1) is 12.0. The van der Waals surface area contributed by atoms with E-state index in [0.717, 1.165) is 24.8 Å². The quantitative estimate of drug-likeness (QED) is 0.758. The van der Waals surface area contributed by atoms with Crippen molar-refractivity contribution in [2.75, 3.05) is 19.8 Å². The van der Waals surface area contributed by atoms with E-state index in [0.29, 0.717) is 19.1 Å². The zero-order chi connectivity index (χ0) is 18.2. The lowest BCUT2D eigenvalue weighted by Crippen LogP contribution is -2.39. The Morgan fingerprint density at radius 2 is 1.76 bits per heavy atom. The third-order valence-electron chi connectivity index (χ3n) is 4.70. The van der Waals surface area contributed by atoms with E-state index in [1.165, 1.54) is 5.56 Å². The van der Waals surface area contributed by atoms with E-state index in [-0.39, 0.29) is 24.8 Å². The number of rotatable bonds is 8. The average molecular weight is 347 g/mol. The predicted molar refractivity (Wildman–Crippen MR) is 96.4 cm³/mol. The molecule has 1 aromatic rings. The molecule has 1 atom stereocenters. The van der Waals surface area contributed by atoms with E-state index < -0.39 is 11.9 Å². The van der Waals surface area contributed by atoms with E-state index in [4.69, 9.17) is 4.74 Å². The predicted octanol–water partition coefficient (Wildman–Crippen LogP) is 2.67. The van der Waals surface area contributed by atoms with Crippen molar-refractivity contribution in [1.82, 2.24) is 5.32 Å². The molecule has 0 spiro atoms. The van der Waals surface area contributed by atoms with Crippen LogP contribution in [0.2, 0.25) is 0 Å². The molecule has 2 N–H and O–H groups in total. The summed E-state index contributed by atoms with van der Waals surface area (Å²) < 4.78 is 5.29. The molecule has 2 rings (SSSR count). The van der Waals surface area contributed by atoms with Gasteiger partial charge in [-0.2, -0.15) is 0 Å². The van der Waals surface area contributed by atoms with Gasteiger partial charge in [-0.1, -0.05) is 38.1 Å². The summed E-state index contributed by atoms with van der Waals surface area (Å²) in [5, 5.41) is 12.2. The molecule has 25 heavy (non-hydrogen) atoms. The Morgan fingerprint density at radius 3 is 2.32 bits per heavy atom. The van der Waals surface area contributed by atoms with Gasteiger partial charge in [0.15, 0.2) is 0 Å². The molecule has 1 unspecified atom stereocenters. The van der Waals surface area contributed by atoms with Crippen LogP contribution < -0.4 is 5.32 Å². The van der Waals surface area contributed by atoms with Gasteiger partial charge in [-0.05, 0) is 42.2 Å². The highest BCUT2D eigenvalue weighted by Gasteiger charge is 2.29. The minimum atomic E-state index is -0.842. The van der Waals surface area contributed by atoms with Crippen molar-refractivity contribution in [1.29, 1.82) is 0 Å². The molecule has 0 aliphatic carbocycles. The Labute approximate surface area is 149 Å². The van der Waals surface area contributed by atoms with Gasteiger partial charge in [0.05, 0.1) is 12.3 Å². The topological polar surface area (TPSA) is 75.6 Å². The highest BCUT2D eigenvalue weighted by atomic mass is 16.5. The van der Waals surface area contributed by atoms with Gasteiger partial charge in [0.2, 0.25) is 5.91 Å². The summed E-state index contributed by atoms with van der Waals surface area (Å²) in [4.78, 5) is 23.7. The Hall–Kier alpha value is -1.88. The number of carbonyl (C=O) groups excluding carboxylic acids is 1. The number of hydrogen-bond acceptors (Lipinski definition) is 3. The molecule has 0 radical (unpaired) electrons. The fraction of sp³-hybridized carbons (Fsp3) is 0.600. The van der Waals surface area contributed by atoms with Crippen LogP contribution in [-0.2, 0) is 27.2 Å². The van der Waals surface area contributed by atoms with Crippen LogP contribution in [0.4, 0.5) is 0 Å². The summed E-state index contributed by atoms with van der Waals surface area (Å²) in [5.41, 5.74) is 2.22. The summed E-state index contributed by atoms with van der Waals surface area (Å²) >= 11 is 0. The number of amides is 1. The van der Waals surface area contributed by atoms with Crippen molar-refractivity contribution in [3.8, 4) is 0 Å². The maximum atomic E-state index is 12.2. The fourth-order valence-corrected chi connectivity index (χ4v) is 3.31. The SMILES string of the molecule is CC(C)Cc1ccc(CC(=O)NCC(C(=O)O)C2CCOCC2)cc1. The van der Waals surface area contributed by atoms with E-state index in [1.54, 1.807) is 0 Å². The fourth-order valence-electron chi connectivity index (χ4n) is 3.31. The molecule has 1 amide bonds. The standard InChI is InChI=1S/C20H29NO4/c1-14(2)11-15-3-5-16(6-4-15)12-19(22)21-13-18(20(23)24)17-7-9-25-10-8-17/h3-6,14,17-18H,7-13H2,1-2H3,(H,21,22)(H,23,24). The second-order valence-electron chi connectivity index (χ2n) is 7.29. The van der Waals surface area contributed by atoms with Gasteiger partial charge in [-0.3, -0.25) is 9.59 Å². The van der Waals surface area contributed by atoms with Gasteiger partial charge < -0.3 is 15.2 Å². The lowest BCUT2D eigenvalue weighted by atomic mass is 9.86. The lowest BCUT2D eigenvalue weighted by molar-refractivity contribution is -0.144. The van der Waals surface area contributed by atoms with Crippen molar-refractivity contribution in [3.63, 3.8) is 0 Å². The Morgan fingerprint density at radius 1 is 1.16 bits per heavy atom. The van der Waals surface area contributed by atoms with Crippen LogP contribution in [-0.4, -0.2) is 36.7 Å². The van der Waals surface area contributed by atoms with E-state index in [9.17, 15) is 14.7 Å². The molecule has 1 fully saturated rings. The van der Waals surface area contributed by atoms with Gasteiger partial charge in [0.1, 0.15) is 0 Å². The highest BCUT2D eigenvalue weighted by molar-refractivity contribution is 5.79. The summed E-state index contributed by atoms with van der Waals surface area (Å²) in [5.74, 6) is -0.837. The minimum Gasteiger partial charge on any atom is -0.481 e. The van der Waals surface area contributed by atoms with Gasteiger partial charge in [0, 0.05) is 19.8 Å². The molecule has 0 bridgehead atoms. The molecule has 1 aliphatic heterocycles. The van der Waals surface area contributed by atoms with Crippen LogP contribution in [0.5, 0.6) is 0 Å². The number of carbonyl (C=O) groups is 2. The van der Waals surface area contributed by atoms with Crippen LogP contribution >= 0.6 is 0 Å². The van der Waals surface area contributed by atoms with Crippen molar-refractivity contribution < 1.29 is 19.4 Å². The molecule has 1 aliphatic rings. The van der Waals surface area contributed by atoms with Crippen LogP contribution in [0, 0.1) is 17.8 Å². The molecular formula is C20H29NO4. The van der Waals surface area contributed by atoms with Gasteiger partial charge in [-0.15, -0.1) is 0 Å². The van der Waals surface area contributed by atoms with Crippen molar-refractivity contribution in [2.45, 2.75) is 39.5 Å². The van der Waals surface area contributed by atoms with Gasteiger partial charge in [-0.25, -0.2) is 0 Å². The number of ether oxygens (including phenoxy) is 1. The summed E-state index contributed by atoms with van der Waals surface area (Å²) in [6.45, 7) is 5.75. The summed E-state index contributed by atoms with van der Waals surface area (Å²) in [6, 6.07) is 8.07. The summed E-state index contributed by atoms with van der Waals surface area (Å²) in [6.07, 6.45) is 2.79. The molecule has 1 saturated heterocycles. The second kappa shape index (κ2) is 9.56. The van der Waals surface area contributed by atoms with E-state index >= 15 is 0 Å². The van der Waals surface area contributed by atoms with Crippen molar-refractivity contribution in [2.24, 2.45) is 17.8 Å². The van der Waals surface area contributed by atoms with Gasteiger partial charge in [0.25, 0.3) is 0 Å². The summed E-state index contributed by atoms with van der Waals surface area (Å²) in [7, 11) is 0. The van der Waals surface area contributed by atoms with E-state index in [2.05, 4.69) is 31.3 Å². The molecule has 0 aromatic heterocycles. The Balaban J connectivity index is 1.83. The first-order valence-corrected chi connectivity index (χ1v) is 9.10. The van der Waals surface area contributed by atoms with Crippen LogP contribution in [0.25, 0.3) is 0 Å². The number of hydrogen-bond donors (Lipinski definition) is 2. The number of aliphatic carboxylic acids is 1. The van der Waals surface area contributed by atoms with Gasteiger partial charge >= 0.3 is 5.97 Å². The number of carboxylic acids is 1. The van der Waals surface area contributed by atoms with Crippen LogP contribution in [0.1, 0.15) is 37.8 Å². The first kappa shape index (κ1) is 19.4. The zero-order valence-corrected chi connectivity index (χ0v) is 15.2. The average Bonchev–Trinajstić information content (AvgIpc) is 2.57. The Bertz CT molecular complexity index is 562. The molecule has 1 heterocycles. The molecule has 138 valence electrons. The maximum absolute atomic E-state index is 12.2. The molecule has 5 heteroatoms. The normalized spacial score (nSPS) is 16.6. The number of nitrogens with one attached hydrogen (secondary N) is 1. The molecular weight excluding hydrogens is 318 g/mol. The van der Waals surface area contributed by atoms with Crippen LogP contribution in [0.15, 0.2) is 24.3 Å². The highest BCUT2D eigenvalue weighted by Crippen LogP contribution is 2.23. The second-order valence-corrected chi connectivity index (χ2v) is 7.29.